The molecule has 2 aliphatic rings. The summed E-state index contributed by atoms with van der Waals surface area (Å²) in [5.41, 5.74) is 1.21. The van der Waals surface area contributed by atoms with Crippen LogP contribution in [0.5, 0.6) is 0 Å². The molecule has 0 aliphatic carbocycles. The van der Waals surface area contributed by atoms with E-state index in [4.69, 9.17) is 4.74 Å². The van der Waals surface area contributed by atoms with Gasteiger partial charge in [0.25, 0.3) is 0 Å². The summed E-state index contributed by atoms with van der Waals surface area (Å²) in [6.45, 7) is 2.08. The number of anilines is 1. The zero-order valence-electron chi connectivity index (χ0n) is 9.24. The summed E-state index contributed by atoms with van der Waals surface area (Å²) in [6.07, 6.45) is 6.24. The normalized spacial score (nSPS) is 32.0. The van der Waals surface area contributed by atoms with Gasteiger partial charge in [-0.3, -0.25) is 0 Å². The summed E-state index contributed by atoms with van der Waals surface area (Å²) in [6, 6.07) is 2.44. The maximum absolute atomic E-state index is 5.82. The Morgan fingerprint density at radius 1 is 1.50 bits per heavy atom. The van der Waals surface area contributed by atoms with E-state index in [1.165, 1.54) is 18.4 Å². The molecular formula is C12H15BrN2O. The first-order valence-corrected chi connectivity index (χ1v) is 6.56. The summed E-state index contributed by atoms with van der Waals surface area (Å²) >= 11 is 3.57. The van der Waals surface area contributed by atoms with Crippen LogP contribution in [0.15, 0.2) is 16.7 Å². The van der Waals surface area contributed by atoms with Gasteiger partial charge in [0.2, 0.25) is 0 Å². The first-order chi connectivity index (χ1) is 7.74. The van der Waals surface area contributed by atoms with Crippen molar-refractivity contribution in [3.8, 4) is 0 Å². The lowest BCUT2D eigenvalue weighted by atomic mass is 9.95. The number of pyridine rings is 1. The number of aryl methyl sites for hydroxylation is 1. The number of hydrogen-bond donors (Lipinski definition) is 1. The van der Waals surface area contributed by atoms with E-state index in [1.54, 1.807) is 0 Å². The summed E-state index contributed by atoms with van der Waals surface area (Å²) in [5, 5.41) is 3.50. The molecule has 2 saturated heterocycles. The molecule has 3 unspecified atom stereocenters. The fourth-order valence-corrected chi connectivity index (χ4v) is 2.96. The molecular weight excluding hydrogens is 268 g/mol. The van der Waals surface area contributed by atoms with E-state index in [2.05, 4.69) is 33.2 Å². The van der Waals surface area contributed by atoms with Gasteiger partial charge in [-0.2, -0.15) is 0 Å². The average Bonchev–Trinajstić information content (AvgIpc) is 2.86. The fraction of sp³-hybridized carbons (Fsp3) is 0.583. The van der Waals surface area contributed by atoms with Crippen LogP contribution in [-0.2, 0) is 4.74 Å². The quantitative estimate of drug-likeness (QED) is 0.906. The van der Waals surface area contributed by atoms with Crippen LogP contribution in [0.25, 0.3) is 0 Å². The molecule has 1 aromatic rings. The summed E-state index contributed by atoms with van der Waals surface area (Å²) in [5.74, 6) is 0.946. The van der Waals surface area contributed by atoms with Gasteiger partial charge in [0.15, 0.2) is 0 Å². The third-order valence-electron chi connectivity index (χ3n) is 3.51. The fourth-order valence-electron chi connectivity index (χ4n) is 2.61. The molecule has 2 bridgehead atoms. The molecule has 2 aliphatic heterocycles. The van der Waals surface area contributed by atoms with Gasteiger partial charge in [0, 0.05) is 6.20 Å². The molecule has 3 heterocycles. The third kappa shape index (κ3) is 1.74. The first-order valence-electron chi connectivity index (χ1n) is 5.77. The van der Waals surface area contributed by atoms with Crippen molar-refractivity contribution < 1.29 is 4.74 Å². The molecule has 0 aromatic carbocycles. The molecule has 0 amide bonds. The standard InChI is InChI=1S/C12H15BrN2O/c1-7-4-5-14-12(11(7)13)15-9-6-8-2-3-10(9)16-8/h4-5,8-10H,2-3,6H2,1H3,(H,14,15). The van der Waals surface area contributed by atoms with E-state index in [1.807, 2.05) is 12.3 Å². The van der Waals surface area contributed by atoms with Crippen molar-refractivity contribution in [1.29, 1.82) is 0 Å². The smallest absolute Gasteiger partial charge is 0.140 e. The number of ether oxygens (including phenoxy) is 1. The minimum Gasteiger partial charge on any atom is -0.373 e. The second-order valence-electron chi connectivity index (χ2n) is 4.65. The van der Waals surface area contributed by atoms with Crippen molar-refractivity contribution in [1.82, 2.24) is 4.98 Å². The van der Waals surface area contributed by atoms with Crippen molar-refractivity contribution in [3.63, 3.8) is 0 Å². The summed E-state index contributed by atoms with van der Waals surface area (Å²) < 4.78 is 6.89. The predicted molar refractivity (Wildman–Crippen MR) is 66.6 cm³/mol. The van der Waals surface area contributed by atoms with Crippen LogP contribution in [0.4, 0.5) is 5.82 Å². The van der Waals surface area contributed by atoms with Gasteiger partial charge in [0.1, 0.15) is 5.82 Å². The van der Waals surface area contributed by atoms with Gasteiger partial charge in [-0.1, -0.05) is 0 Å². The molecule has 86 valence electrons. The van der Waals surface area contributed by atoms with E-state index in [0.717, 1.165) is 16.7 Å². The molecule has 0 spiro atoms. The van der Waals surface area contributed by atoms with E-state index in [0.29, 0.717) is 18.2 Å². The highest BCUT2D eigenvalue weighted by molar-refractivity contribution is 9.10. The van der Waals surface area contributed by atoms with Gasteiger partial charge in [-0.25, -0.2) is 4.98 Å². The van der Waals surface area contributed by atoms with Gasteiger partial charge in [-0.05, 0) is 53.7 Å². The molecule has 4 heteroatoms. The van der Waals surface area contributed by atoms with Crippen LogP contribution in [0, 0.1) is 6.92 Å². The van der Waals surface area contributed by atoms with E-state index >= 15 is 0 Å². The highest BCUT2D eigenvalue weighted by Crippen LogP contribution is 2.36. The highest BCUT2D eigenvalue weighted by Gasteiger charge is 2.40. The highest BCUT2D eigenvalue weighted by atomic mass is 79.9. The molecule has 3 atom stereocenters. The molecule has 0 radical (unpaired) electrons. The van der Waals surface area contributed by atoms with Gasteiger partial charge in [0.05, 0.1) is 22.7 Å². The molecule has 2 fully saturated rings. The number of fused-ring (bicyclic) bond motifs is 2. The summed E-state index contributed by atoms with van der Waals surface area (Å²) in [4.78, 5) is 4.37. The predicted octanol–water partition coefficient (Wildman–Crippen LogP) is 2.88. The molecule has 3 nitrogen and oxygen atoms in total. The monoisotopic (exact) mass is 282 g/mol. The topological polar surface area (TPSA) is 34.2 Å². The third-order valence-corrected chi connectivity index (χ3v) is 4.51. The second kappa shape index (κ2) is 4.00. The molecule has 1 N–H and O–H groups in total. The molecule has 0 saturated carbocycles. The minimum atomic E-state index is 0.388. The average molecular weight is 283 g/mol. The Bertz CT molecular complexity index is 410. The van der Waals surface area contributed by atoms with E-state index in [9.17, 15) is 0 Å². The van der Waals surface area contributed by atoms with Crippen LogP contribution >= 0.6 is 15.9 Å². The molecule has 16 heavy (non-hydrogen) atoms. The Morgan fingerprint density at radius 3 is 3.06 bits per heavy atom. The zero-order chi connectivity index (χ0) is 11.1. The van der Waals surface area contributed by atoms with Crippen LogP contribution in [0.3, 0.4) is 0 Å². The first kappa shape index (κ1) is 10.5. The number of rotatable bonds is 2. The lowest BCUT2D eigenvalue weighted by Crippen LogP contribution is -2.31. The van der Waals surface area contributed by atoms with Crippen LogP contribution < -0.4 is 5.32 Å². The van der Waals surface area contributed by atoms with Crippen LogP contribution in [-0.4, -0.2) is 23.2 Å². The number of halogens is 1. The Labute approximate surface area is 104 Å². The van der Waals surface area contributed by atoms with Gasteiger partial charge in [-0.15, -0.1) is 0 Å². The van der Waals surface area contributed by atoms with Gasteiger partial charge < -0.3 is 10.1 Å². The minimum absolute atomic E-state index is 0.388. The lowest BCUT2D eigenvalue weighted by molar-refractivity contribution is 0.102. The van der Waals surface area contributed by atoms with Crippen molar-refractivity contribution in [3.05, 3.63) is 22.3 Å². The lowest BCUT2D eigenvalue weighted by Gasteiger charge is -2.21. The van der Waals surface area contributed by atoms with Crippen molar-refractivity contribution in [2.24, 2.45) is 0 Å². The SMILES string of the molecule is Cc1ccnc(NC2CC3CCC2O3)c1Br. The number of aromatic nitrogens is 1. The zero-order valence-corrected chi connectivity index (χ0v) is 10.8. The Morgan fingerprint density at radius 2 is 2.38 bits per heavy atom. The van der Waals surface area contributed by atoms with Crippen molar-refractivity contribution in [2.75, 3.05) is 5.32 Å². The second-order valence-corrected chi connectivity index (χ2v) is 5.44. The molecule has 3 rings (SSSR count). The van der Waals surface area contributed by atoms with Crippen LogP contribution in [0.2, 0.25) is 0 Å². The number of hydrogen-bond acceptors (Lipinski definition) is 3. The van der Waals surface area contributed by atoms with E-state index < -0.39 is 0 Å². The molecule has 1 aromatic heterocycles. The number of nitrogens with zero attached hydrogens (tertiary/aromatic N) is 1. The van der Waals surface area contributed by atoms with Crippen molar-refractivity contribution in [2.45, 2.75) is 44.4 Å². The maximum atomic E-state index is 5.82. The van der Waals surface area contributed by atoms with Crippen molar-refractivity contribution >= 4 is 21.7 Å². The Hall–Kier alpha value is -0.610. The van der Waals surface area contributed by atoms with Gasteiger partial charge >= 0.3 is 0 Å². The Balaban J connectivity index is 1.77. The van der Waals surface area contributed by atoms with E-state index in [-0.39, 0.29) is 0 Å². The number of nitrogens with one attached hydrogen (secondary N) is 1. The largest absolute Gasteiger partial charge is 0.373 e. The van der Waals surface area contributed by atoms with Crippen LogP contribution in [0.1, 0.15) is 24.8 Å². The maximum Gasteiger partial charge on any atom is 0.140 e. The Kier molecular flexibility index (Phi) is 2.64. The summed E-state index contributed by atoms with van der Waals surface area (Å²) in [7, 11) is 0.